The maximum atomic E-state index is 12.3. The lowest BCUT2D eigenvalue weighted by Crippen LogP contribution is -2.26. The summed E-state index contributed by atoms with van der Waals surface area (Å²) in [5.74, 6) is 0.697. The normalized spacial score (nSPS) is 10.3. The van der Waals surface area contributed by atoms with Crippen molar-refractivity contribution in [3.63, 3.8) is 0 Å². The van der Waals surface area contributed by atoms with E-state index in [4.69, 9.17) is 4.74 Å². The Kier molecular flexibility index (Phi) is 5.54. The molecule has 0 radical (unpaired) electrons. The highest BCUT2D eigenvalue weighted by molar-refractivity contribution is 5.96. The summed E-state index contributed by atoms with van der Waals surface area (Å²) in [6, 6.07) is 22.5. The van der Waals surface area contributed by atoms with E-state index in [1.54, 1.807) is 31.4 Å². The van der Waals surface area contributed by atoms with Crippen molar-refractivity contribution in [3.8, 4) is 22.6 Å². The van der Waals surface area contributed by atoms with Gasteiger partial charge in [-0.2, -0.15) is 0 Å². The maximum absolute atomic E-state index is 12.3. The third kappa shape index (κ3) is 4.22. The molecule has 0 spiro atoms. The topological polar surface area (TPSA) is 58.6 Å². The van der Waals surface area contributed by atoms with E-state index >= 15 is 0 Å². The number of amides is 1. The molecule has 0 atom stereocenters. The molecular formula is C22H21NO3. The van der Waals surface area contributed by atoms with Crippen molar-refractivity contribution in [3.05, 3.63) is 83.9 Å². The van der Waals surface area contributed by atoms with Crippen LogP contribution in [0.1, 0.15) is 15.9 Å². The van der Waals surface area contributed by atoms with Crippen molar-refractivity contribution in [1.29, 1.82) is 0 Å². The van der Waals surface area contributed by atoms with Gasteiger partial charge < -0.3 is 15.2 Å². The Balaban J connectivity index is 1.57. The first-order valence-electron chi connectivity index (χ1n) is 8.47. The fourth-order valence-electron chi connectivity index (χ4n) is 2.77. The maximum Gasteiger partial charge on any atom is 0.255 e. The van der Waals surface area contributed by atoms with Crippen molar-refractivity contribution >= 4 is 5.91 Å². The van der Waals surface area contributed by atoms with Crippen molar-refractivity contribution in [2.45, 2.75) is 6.42 Å². The number of phenols is 1. The van der Waals surface area contributed by atoms with E-state index in [9.17, 15) is 9.90 Å². The van der Waals surface area contributed by atoms with Crippen LogP contribution < -0.4 is 10.1 Å². The Morgan fingerprint density at radius 1 is 0.923 bits per heavy atom. The molecular weight excluding hydrogens is 326 g/mol. The average molecular weight is 347 g/mol. The molecule has 3 aromatic rings. The SMILES string of the molecule is COc1ccccc1C(=O)NCCc1ccc(-c2ccc(O)cc2)cc1. The summed E-state index contributed by atoms with van der Waals surface area (Å²) in [4.78, 5) is 12.3. The molecule has 4 nitrogen and oxygen atoms in total. The molecule has 26 heavy (non-hydrogen) atoms. The van der Waals surface area contributed by atoms with Gasteiger partial charge in [-0.05, 0) is 47.4 Å². The Labute approximate surface area is 153 Å². The molecule has 0 aliphatic rings. The molecule has 0 saturated heterocycles. The van der Waals surface area contributed by atoms with Crippen molar-refractivity contribution in [2.75, 3.05) is 13.7 Å². The van der Waals surface area contributed by atoms with E-state index in [-0.39, 0.29) is 11.7 Å². The molecule has 132 valence electrons. The van der Waals surface area contributed by atoms with Gasteiger partial charge in [-0.25, -0.2) is 0 Å². The van der Waals surface area contributed by atoms with Gasteiger partial charge in [-0.3, -0.25) is 4.79 Å². The number of benzene rings is 3. The second kappa shape index (κ2) is 8.21. The smallest absolute Gasteiger partial charge is 0.255 e. The summed E-state index contributed by atoms with van der Waals surface area (Å²) in [5, 5.41) is 12.3. The van der Waals surface area contributed by atoms with Gasteiger partial charge in [0.1, 0.15) is 11.5 Å². The molecule has 3 aromatic carbocycles. The van der Waals surface area contributed by atoms with Crippen LogP contribution in [0.15, 0.2) is 72.8 Å². The van der Waals surface area contributed by atoms with E-state index in [1.165, 1.54) is 0 Å². The van der Waals surface area contributed by atoms with E-state index in [0.29, 0.717) is 17.9 Å². The lowest BCUT2D eigenvalue weighted by molar-refractivity contribution is 0.0951. The molecule has 0 aliphatic carbocycles. The average Bonchev–Trinajstić information content (AvgIpc) is 2.69. The zero-order chi connectivity index (χ0) is 18.4. The van der Waals surface area contributed by atoms with Crippen molar-refractivity contribution in [1.82, 2.24) is 5.32 Å². The molecule has 3 rings (SSSR count). The van der Waals surface area contributed by atoms with E-state index in [1.807, 2.05) is 36.4 Å². The number of aromatic hydroxyl groups is 1. The van der Waals surface area contributed by atoms with Gasteiger partial charge in [0.2, 0.25) is 0 Å². The minimum Gasteiger partial charge on any atom is -0.508 e. The van der Waals surface area contributed by atoms with Gasteiger partial charge in [0.05, 0.1) is 12.7 Å². The van der Waals surface area contributed by atoms with Crippen LogP contribution in [-0.2, 0) is 6.42 Å². The monoisotopic (exact) mass is 347 g/mol. The second-order valence-electron chi connectivity index (χ2n) is 5.95. The number of hydrogen-bond donors (Lipinski definition) is 2. The minimum atomic E-state index is -0.136. The lowest BCUT2D eigenvalue weighted by atomic mass is 10.0. The lowest BCUT2D eigenvalue weighted by Gasteiger charge is -2.09. The first-order valence-corrected chi connectivity index (χ1v) is 8.47. The molecule has 0 fully saturated rings. The first-order chi connectivity index (χ1) is 12.7. The van der Waals surface area contributed by atoms with E-state index in [0.717, 1.165) is 23.1 Å². The third-order valence-corrected chi connectivity index (χ3v) is 4.21. The first kappa shape index (κ1) is 17.5. The molecule has 0 bridgehead atoms. The number of methoxy groups -OCH3 is 1. The molecule has 0 heterocycles. The Bertz CT molecular complexity index is 871. The summed E-state index contributed by atoms with van der Waals surface area (Å²) in [5.41, 5.74) is 3.83. The third-order valence-electron chi connectivity index (χ3n) is 4.21. The van der Waals surface area contributed by atoms with Crippen LogP contribution in [0.3, 0.4) is 0 Å². The number of nitrogens with one attached hydrogen (secondary N) is 1. The standard InChI is InChI=1S/C22H21NO3/c1-26-21-5-3-2-4-20(21)22(25)23-15-14-16-6-8-17(9-7-16)18-10-12-19(24)13-11-18/h2-13,24H,14-15H2,1H3,(H,23,25). The van der Waals surface area contributed by atoms with E-state index in [2.05, 4.69) is 17.4 Å². The van der Waals surface area contributed by atoms with Crippen LogP contribution in [-0.4, -0.2) is 24.7 Å². The number of para-hydroxylation sites is 1. The zero-order valence-electron chi connectivity index (χ0n) is 14.6. The van der Waals surface area contributed by atoms with Crippen LogP contribution in [0.5, 0.6) is 11.5 Å². The molecule has 1 amide bonds. The molecule has 0 unspecified atom stereocenters. The Morgan fingerprint density at radius 2 is 1.54 bits per heavy atom. The van der Waals surface area contributed by atoms with Gasteiger partial charge in [0, 0.05) is 6.54 Å². The second-order valence-corrected chi connectivity index (χ2v) is 5.95. The van der Waals surface area contributed by atoms with Crippen LogP contribution in [0.4, 0.5) is 0 Å². The molecule has 4 heteroatoms. The minimum absolute atomic E-state index is 0.136. The largest absolute Gasteiger partial charge is 0.508 e. The number of ether oxygens (including phenoxy) is 1. The summed E-state index contributed by atoms with van der Waals surface area (Å²) in [6.07, 6.45) is 0.747. The molecule has 0 aliphatic heterocycles. The predicted molar refractivity (Wildman–Crippen MR) is 103 cm³/mol. The molecule has 2 N–H and O–H groups in total. The number of carbonyl (C=O) groups excluding carboxylic acids is 1. The van der Waals surface area contributed by atoms with Crippen molar-refractivity contribution < 1.29 is 14.6 Å². The van der Waals surface area contributed by atoms with Crippen molar-refractivity contribution in [2.24, 2.45) is 0 Å². The summed E-state index contributed by atoms with van der Waals surface area (Å²) in [7, 11) is 1.56. The highest BCUT2D eigenvalue weighted by atomic mass is 16.5. The zero-order valence-corrected chi connectivity index (χ0v) is 14.6. The Hall–Kier alpha value is -3.27. The highest BCUT2D eigenvalue weighted by Gasteiger charge is 2.10. The quantitative estimate of drug-likeness (QED) is 0.707. The van der Waals surface area contributed by atoms with Crippen LogP contribution in [0.25, 0.3) is 11.1 Å². The number of carbonyl (C=O) groups is 1. The van der Waals surface area contributed by atoms with Gasteiger partial charge in [-0.1, -0.05) is 48.5 Å². The molecule has 0 aromatic heterocycles. The van der Waals surface area contributed by atoms with Crippen LogP contribution in [0, 0.1) is 0 Å². The fourth-order valence-corrected chi connectivity index (χ4v) is 2.77. The van der Waals surface area contributed by atoms with Gasteiger partial charge in [0.25, 0.3) is 5.91 Å². The summed E-state index contributed by atoms with van der Waals surface area (Å²) >= 11 is 0. The Morgan fingerprint density at radius 3 is 2.19 bits per heavy atom. The van der Waals surface area contributed by atoms with Gasteiger partial charge >= 0.3 is 0 Å². The fraction of sp³-hybridized carbons (Fsp3) is 0.136. The van der Waals surface area contributed by atoms with Gasteiger partial charge in [0.15, 0.2) is 0 Å². The summed E-state index contributed by atoms with van der Waals surface area (Å²) in [6.45, 7) is 0.551. The summed E-state index contributed by atoms with van der Waals surface area (Å²) < 4.78 is 5.22. The number of phenolic OH excluding ortho intramolecular Hbond substituents is 1. The van der Waals surface area contributed by atoms with Crippen LogP contribution in [0.2, 0.25) is 0 Å². The highest BCUT2D eigenvalue weighted by Crippen LogP contribution is 2.22. The number of hydrogen-bond acceptors (Lipinski definition) is 3. The van der Waals surface area contributed by atoms with E-state index < -0.39 is 0 Å². The number of rotatable bonds is 6. The van der Waals surface area contributed by atoms with Gasteiger partial charge in [-0.15, -0.1) is 0 Å². The molecule has 0 saturated carbocycles. The van der Waals surface area contributed by atoms with Crippen LogP contribution >= 0.6 is 0 Å². The predicted octanol–water partition coefficient (Wildman–Crippen LogP) is 4.04.